The summed E-state index contributed by atoms with van der Waals surface area (Å²) >= 11 is 0. The molecule has 3 unspecified atom stereocenters. The number of ether oxygens (including phenoxy) is 1. The van der Waals surface area contributed by atoms with E-state index in [1.54, 1.807) is 0 Å². The number of aliphatic hydroxyl groups is 1. The molecule has 3 heteroatoms. The lowest BCUT2D eigenvalue weighted by molar-refractivity contribution is -0.131. The molecule has 0 amide bonds. The molecule has 2 saturated carbocycles. The Balaban J connectivity index is 1.81. The molecule has 0 bridgehead atoms. The van der Waals surface area contributed by atoms with Gasteiger partial charge in [0.25, 0.3) is 0 Å². The second-order valence-electron chi connectivity index (χ2n) is 9.26. The molecule has 0 aromatic heterocycles. The van der Waals surface area contributed by atoms with Crippen LogP contribution in [0.4, 0.5) is 0 Å². The van der Waals surface area contributed by atoms with Gasteiger partial charge < -0.3 is 9.84 Å². The van der Waals surface area contributed by atoms with Crippen molar-refractivity contribution < 1.29 is 14.6 Å². The summed E-state index contributed by atoms with van der Waals surface area (Å²) < 4.78 is 5.80. The van der Waals surface area contributed by atoms with Crippen molar-refractivity contribution in [2.75, 3.05) is 13.2 Å². The Hall–Kier alpha value is -0.410. The standard InChI is InChI=1S/C20H36O3/c1-18(2,22)10-7-12-23-13-9-15-14-16-17(21)8-6-11-20(16,5)19(15,3)4/h15-16,22H,6-14H2,1-5H3. The van der Waals surface area contributed by atoms with Crippen LogP contribution >= 0.6 is 0 Å². The van der Waals surface area contributed by atoms with E-state index in [4.69, 9.17) is 4.74 Å². The van der Waals surface area contributed by atoms with Gasteiger partial charge in [-0.1, -0.05) is 20.8 Å². The van der Waals surface area contributed by atoms with Crippen molar-refractivity contribution in [1.82, 2.24) is 0 Å². The number of rotatable bonds is 7. The second kappa shape index (κ2) is 6.84. The fraction of sp³-hybridized carbons (Fsp3) is 0.950. The number of ketones is 1. The lowest BCUT2D eigenvalue weighted by atomic mass is 9.58. The van der Waals surface area contributed by atoms with Gasteiger partial charge in [0, 0.05) is 25.6 Å². The van der Waals surface area contributed by atoms with Crippen molar-refractivity contribution in [3.05, 3.63) is 0 Å². The zero-order valence-corrected chi connectivity index (χ0v) is 15.8. The van der Waals surface area contributed by atoms with E-state index < -0.39 is 5.60 Å². The Morgan fingerprint density at radius 3 is 2.57 bits per heavy atom. The van der Waals surface area contributed by atoms with Gasteiger partial charge in [-0.2, -0.15) is 0 Å². The van der Waals surface area contributed by atoms with Gasteiger partial charge in [0.1, 0.15) is 5.78 Å². The van der Waals surface area contributed by atoms with Crippen molar-refractivity contribution in [2.24, 2.45) is 22.7 Å². The summed E-state index contributed by atoms with van der Waals surface area (Å²) in [5.41, 5.74) is -0.209. The molecule has 0 aromatic carbocycles. The monoisotopic (exact) mass is 324 g/mol. The van der Waals surface area contributed by atoms with Crippen LogP contribution < -0.4 is 0 Å². The molecule has 1 N–H and O–H groups in total. The minimum atomic E-state index is -0.596. The number of carbonyl (C=O) groups is 1. The highest BCUT2D eigenvalue weighted by Gasteiger charge is 2.59. The molecule has 3 atom stereocenters. The summed E-state index contributed by atoms with van der Waals surface area (Å²) in [6.45, 7) is 12.3. The summed E-state index contributed by atoms with van der Waals surface area (Å²) in [6.07, 6.45) is 6.82. The number of fused-ring (bicyclic) bond motifs is 1. The summed E-state index contributed by atoms with van der Waals surface area (Å²) in [5.74, 6) is 1.35. The van der Waals surface area contributed by atoms with E-state index in [1.807, 2.05) is 13.8 Å². The van der Waals surface area contributed by atoms with Gasteiger partial charge in [0.15, 0.2) is 0 Å². The fourth-order valence-electron chi connectivity index (χ4n) is 4.96. The number of carbonyl (C=O) groups excluding carboxylic acids is 1. The minimum absolute atomic E-state index is 0.175. The van der Waals surface area contributed by atoms with Gasteiger partial charge in [-0.15, -0.1) is 0 Å². The molecule has 0 spiro atoms. The zero-order valence-electron chi connectivity index (χ0n) is 15.8. The molecule has 3 nitrogen and oxygen atoms in total. The van der Waals surface area contributed by atoms with Crippen LogP contribution in [0.2, 0.25) is 0 Å². The summed E-state index contributed by atoms with van der Waals surface area (Å²) in [5, 5.41) is 9.70. The molecular formula is C20H36O3. The molecule has 23 heavy (non-hydrogen) atoms. The first-order valence-electron chi connectivity index (χ1n) is 9.41. The molecule has 2 aliphatic rings. The highest BCUT2D eigenvalue weighted by atomic mass is 16.5. The molecule has 0 aliphatic heterocycles. The van der Waals surface area contributed by atoms with Crippen LogP contribution in [0.25, 0.3) is 0 Å². The molecule has 0 aromatic rings. The lowest BCUT2D eigenvalue weighted by Gasteiger charge is -2.46. The van der Waals surface area contributed by atoms with E-state index in [2.05, 4.69) is 20.8 Å². The highest BCUT2D eigenvalue weighted by molar-refractivity contribution is 5.83. The van der Waals surface area contributed by atoms with Crippen molar-refractivity contribution in [2.45, 2.75) is 85.2 Å². The normalized spacial score (nSPS) is 33.7. The first-order valence-corrected chi connectivity index (χ1v) is 9.41. The maximum absolute atomic E-state index is 12.4. The van der Waals surface area contributed by atoms with Gasteiger partial charge in [0.2, 0.25) is 0 Å². The third kappa shape index (κ3) is 3.99. The van der Waals surface area contributed by atoms with Crippen LogP contribution in [0.3, 0.4) is 0 Å². The largest absolute Gasteiger partial charge is 0.390 e. The van der Waals surface area contributed by atoms with E-state index in [0.717, 1.165) is 51.7 Å². The fourth-order valence-corrected chi connectivity index (χ4v) is 4.96. The number of Topliss-reactive ketones (excluding diaryl/α,β-unsaturated/α-hetero) is 1. The minimum Gasteiger partial charge on any atom is -0.390 e. The maximum atomic E-state index is 12.4. The van der Waals surface area contributed by atoms with Gasteiger partial charge >= 0.3 is 0 Å². The maximum Gasteiger partial charge on any atom is 0.136 e. The third-order valence-electron chi connectivity index (χ3n) is 6.98. The first-order chi connectivity index (χ1) is 10.6. The average molecular weight is 325 g/mol. The Morgan fingerprint density at radius 2 is 1.96 bits per heavy atom. The highest BCUT2D eigenvalue weighted by Crippen LogP contribution is 2.64. The summed E-state index contributed by atoms with van der Waals surface area (Å²) in [4.78, 5) is 12.4. The molecule has 2 fully saturated rings. The van der Waals surface area contributed by atoms with Crippen LogP contribution in [-0.2, 0) is 9.53 Å². The van der Waals surface area contributed by atoms with Crippen molar-refractivity contribution >= 4 is 5.78 Å². The van der Waals surface area contributed by atoms with E-state index in [-0.39, 0.29) is 16.7 Å². The van der Waals surface area contributed by atoms with E-state index in [0.29, 0.717) is 11.7 Å². The zero-order chi connectivity index (χ0) is 17.3. The molecule has 0 radical (unpaired) electrons. The molecule has 0 heterocycles. The predicted octanol–water partition coefficient (Wildman–Crippen LogP) is 4.37. The first kappa shape index (κ1) is 18.9. The SMILES string of the molecule is CC(C)(O)CCCOCCC1CC2C(=O)CCCC2(C)C1(C)C. The Bertz CT molecular complexity index is 421. The quantitative estimate of drug-likeness (QED) is 0.708. The van der Waals surface area contributed by atoms with Crippen molar-refractivity contribution in [3.8, 4) is 0 Å². The van der Waals surface area contributed by atoms with Crippen LogP contribution in [0.1, 0.15) is 79.6 Å². The van der Waals surface area contributed by atoms with Crippen LogP contribution in [0.5, 0.6) is 0 Å². The van der Waals surface area contributed by atoms with Crippen molar-refractivity contribution in [3.63, 3.8) is 0 Å². The van der Waals surface area contributed by atoms with Gasteiger partial charge in [-0.3, -0.25) is 4.79 Å². The van der Waals surface area contributed by atoms with Gasteiger partial charge in [-0.05, 0) is 69.1 Å². The predicted molar refractivity (Wildman–Crippen MR) is 93.3 cm³/mol. The molecule has 2 rings (SSSR count). The Labute approximate surface area is 142 Å². The number of hydrogen-bond acceptors (Lipinski definition) is 3. The molecule has 2 aliphatic carbocycles. The summed E-state index contributed by atoms with van der Waals surface area (Å²) in [7, 11) is 0. The van der Waals surface area contributed by atoms with Gasteiger partial charge in [-0.25, -0.2) is 0 Å². The van der Waals surface area contributed by atoms with Crippen LogP contribution in [0.15, 0.2) is 0 Å². The van der Waals surface area contributed by atoms with Gasteiger partial charge in [0.05, 0.1) is 5.60 Å². The average Bonchev–Trinajstić information content (AvgIpc) is 2.62. The van der Waals surface area contributed by atoms with E-state index >= 15 is 0 Å². The van der Waals surface area contributed by atoms with Crippen LogP contribution in [0, 0.1) is 22.7 Å². The Kier molecular flexibility index (Phi) is 5.62. The molecule has 0 saturated heterocycles. The lowest BCUT2D eigenvalue weighted by Crippen LogP contribution is -2.42. The van der Waals surface area contributed by atoms with Crippen LogP contribution in [-0.4, -0.2) is 29.7 Å². The van der Waals surface area contributed by atoms with Crippen molar-refractivity contribution in [1.29, 1.82) is 0 Å². The number of hydrogen-bond donors (Lipinski definition) is 1. The third-order valence-corrected chi connectivity index (χ3v) is 6.98. The molecular weight excluding hydrogens is 288 g/mol. The summed E-state index contributed by atoms with van der Waals surface area (Å²) in [6, 6.07) is 0. The molecule has 134 valence electrons. The Morgan fingerprint density at radius 1 is 1.26 bits per heavy atom. The van der Waals surface area contributed by atoms with E-state index in [9.17, 15) is 9.90 Å². The topological polar surface area (TPSA) is 46.5 Å². The smallest absolute Gasteiger partial charge is 0.136 e. The second-order valence-corrected chi connectivity index (χ2v) is 9.26. The van der Waals surface area contributed by atoms with E-state index in [1.165, 1.54) is 6.42 Å².